The van der Waals surface area contributed by atoms with Gasteiger partial charge in [-0.2, -0.15) is 10.2 Å². The van der Waals surface area contributed by atoms with E-state index in [9.17, 15) is 9.18 Å². The number of nitrogens with zero attached hydrogens (tertiary/aromatic N) is 5. The highest BCUT2D eigenvalue weighted by Gasteiger charge is 2.28. The number of piperidine rings is 1. The maximum atomic E-state index is 13.6. The molecule has 7 nitrogen and oxygen atoms in total. The molecular weight excluding hydrogens is 433 g/mol. The highest BCUT2D eigenvalue weighted by molar-refractivity contribution is 5.95. The van der Waals surface area contributed by atoms with E-state index in [1.807, 2.05) is 26.0 Å². The number of rotatable bonds is 7. The summed E-state index contributed by atoms with van der Waals surface area (Å²) in [5.74, 6) is 0.486. The van der Waals surface area contributed by atoms with Crippen LogP contribution in [0.4, 0.5) is 10.1 Å². The maximum Gasteiger partial charge on any atom is 0.241 e. The molecule has 0 aliphatic carbocycles. The lowest BCUT2D eigenvalue weighted by atomic mass is 9.98. The Labute approximate surface area is 198 Å². The van der Waals surface area contributed by atoms with Crippen molar-refractivity contribution in [3.05, 3.63) is 65.3 Å². The molecule has 34 heavy (non-hydrogen) atoms. The van der Waals surface area contributed by atoms with Gasteiger partial charge in [0.05, 0.1) is 25.0 Å². The van der Waals surface area contributed by atoms with E-state index in [1.54, 1.807) is 17.0 Å². The van der Waals surface area contributed by atoms with Crippen molar-refractivity contribution in [2.24, 2.45) is 0 Å². The summed E-state index contributed by atoms with van der Waals surface area (Å²) in [5.41, 5.74) is 3.55. The fourth-order valence-corrected chi connectivity index (χ4v) is 4.49. The van der Waals surface area contributed by atoms with Gasteiger partial charge in [0, 0.05) is 24.3 Å². The van der Waals surface area contributed by atoms with Crippen LogP contribution in [0.15, 0.2) is 47.0 Å². The third kappa shape index (κ3) is 5.67. The smallest absolute Gasteiger partial charge is 0.241 e. The molecule has 1 aliphatic heterocycles. The molecule has 2 heterocycles. The minimum atomic E-state index is -0.351. The molecule has 1 aliphatic rings. The minimum absolute atomic E-state index is 0.00475. The van der Waals surface area contributed by atoms with Crippen molar-refractivity contribution in [2.45, 2.75) is 39.0 Å². The van der Waals surface area contributed by atoms with E-state index in [-0.39, 0.29) is 30.6 Å². The zero-order chi connectivity index (χ0) is 24.1. The Bertz CT molecular complexity index is 1180. The van der Waals surface area contributed by atoms with Crippen LogP contribution in [-0.2, 0) is 4.79 Å². The van der Waals surface area contributed by atoms with Crippen LogP contribution in [0.3, 0.4) is 0 Å². The summed E-state index contributed by atoms with van der Waals surface area (Å²) in [6.07, 6.45) is 2.05. The SMILES string of the molecule is Cc1cc(C)cc(N(CCC#N)C(=O)CN2CCCC(c3nc(-c4cccc(F)c4)no3)C2)c1. The van der Waals surface area contributed by atoms with Gasteiger partial charge in [-0.05, 0) is 68.6 Å². The van der Waals surface area contributed by atoms with Crippen molar-refractivity contribution >= 4 is 11.6 Å². The van der Waals surface area contributed by atoms with Crippen molar-refractivity contribution < 1.29 is 13.7 Å². The minimum Gasteiger partial charge on any atom is -0.339 e. The molecule has 0 N–H and O–H groups in total. The number of aryl methyl sites for hydroxylation is 2. The van der Waals surface area contributed by atoms with Crippen molar-refractivity contribution in [1.29, 1.82) is 5.26 Å². The number of anilines is 1. The van der Waals surface area contributed by atoms with E-state index in [2.05, 4.69) is 27.2 Å². The van der Waals surface area contributed by atoms with Crippen molar-refractivity contribution in [1.82, 2.24) is 15.0 Å². The van der Waals surface area contributed by atoms with Gasteiger partial charge in [-0.15, -0.1) is 0 Å². The van der Waals surface area contributed by atoms with Crippen LogP contribution in [-0.4, -0.2) is 47.1 Å². The molecule has 1 atom stereocenters. The average molecular weight is 462 g/mol. The average Bonchev–Trinajstić information content (AvgIpc) is 3.29. The summed E-state index contributed by atoms with van der Waals surface area (Å²) in [6, 6.07) is 14.3. The zero-order valence-electron chi connectivity index (χ0n) is 19.5. The number of aromatic nitrogens is 2. The van der Waals surface area contributed by atoms with E-state index >= 15 is 0 Å². The van der Waals surface area contributed by atoms with Crippen molar-refractivity contribution in [2.75, 3.05) is 31.1 Å². The Hall–Kier alpha value is -3.57. The standard InChI is InChI=1S/C26H28FN5O2/c1-18-12-19(2)14-23(13-18)32(11-5-9-28)24(33)17-31-10-4-7-21(16-31)26-29-25(30-34-26)20-6-3-8-22(27)15-20/h3,6,8,12-15,21H,4-5,7,10-11,16-17H2,1-2H3. The first-order chi connectivity index (χ1) is 16.4. The number of amides is 1. The third-order valence-corrected chi connectivity index (χ3v) is 6.00. The Balaban J connectivity index is 1.45. The predicted molar refractivity (Wildman–Crippen MR) is 127 cm³/mol. The van der Waals surface area contributed by atoms with Gasteiger partial charge in [0.1, 0.15) is 5.82 Å². The van der Waals surface area contributed by atoms with Gasteiger partial charge in [-0.3, -0.25) is 9.69 Å². The summed E-state index contributed by atoms with van der Waals surface area (Å²) in [6.45, 7) is 6.03. The number of halogens is 1. The monoisotopic (exact) mass is 461 g/mol. The summed E-state index contributed by atoms with van der Waals surface area (Å²) in [5, 5.41) is 13.1. The molecule has 4 rings (SSSR count). The van der Waals surface area contributed by atoms with Gasteiger partial charge < -0.3 is 9.42 Å². The van der Waals surface area contributed by atoms with E-state index < -0.39 is 0 Å². The Morgan fingerprint density at radius 2 is 2.06 bits per heavy atom. The number of hydrogen-bond donors (Lipinski definition) is 0. The van der Waals surface area contributed by atoms with Crippen molar-refractivity contribution in [3.8, 4) is 17.5 Å². The fourth-order valence-electron chi connectivity index (χ4n) is 4.49. The quantitative estimate of drug-likeness (QED) is 0.510. The van der Waals surface area contributed by atoms with Crippen LogP contribution in [0.25, 0.3) is 11.4 Å². The first kappa shape index (κ1) is 23.6. The molecule has 2 aromatic carbocycles. The lowest BCUT2D eigenvalue weighted by Crippen LogP contribution is -2.44. The predicted octanol–water partition coefficient (Wildman–Crippen LogP) is 4.62. The highest BCUT2D eigenvalue weighted by Crippen LogP contribution is 2.28. The molecule has 176 valence electrons. The fraction of sp³-hybridized carbons (Fsp3) is 0.385. The second-order valence-corrected chi connectivity index (χ2v) is 8.84. The molecule has 0 radical (unpaired) electrons. The molecule has 3 aromatic rings. The number of carbonyl (C=O) groups is 1. The van der Waals surface area contributed by atoms with E-state index in [0.717, 1.165) is 36.2 Å². The molecule has 1 amide bonds. The van der Waals surface area contributed by atoms with Crippen LogP contribution in [0.2, 0.25) is 0 Å². The molecule has 0 bridgehead atoms. The van der Waals surface area contributed by atoms with Gasteiger partial charge in [0.2, 0.25) is 17.6 Å². The normalized spacial score (nSPS) is 16.2. The lowest BCUT2D eigenvalue weighted by molar-refractivity contribution is -0.120. The van der Waals surface area contributed by atoms with Crippen LogP contribution in [0, 0.1) is 31.0 Å². The number of hydrogen-bond acceptors (Lipinski definition) is 6. The van der Waals surface area contributed by atoms with Crippen LogP contribution in [0.1, 0.15) is 42.2 Å². The first-order valence-electron chi connectivity index (χ1n) is 11.5. The molecule has 0 spiro atoms. The van der Waals surface area contributed by atoms with E-state index in [0.29, 0.717) is 30.4 Å². The number of likely N-dealkylation sites (tertiary alicyclic amines) is 1. The Morgan fingerprint density at radius 3 is 2.79 bits per heavy atom. The molecule has 1 fully saturated rings. The molecule has 1 unspecified atom stereocenters. The van der Waals surface area contributed by atoms with Gasteiger partial charge in [0.15, 0.2) is 0 Å². The summed E-state index contributed by atoms with van der Waals surface area (Å²) in [4.78, 5) is 21.6. The number of nitriles is 1. The second-order valence-electron chi connectivity index (χ2n) is 8.84. The van der Waals surface area contributed by atoms with Gasteiger partial charge >= 0.3 is 0 Å². The van der Waals surface area contributed by atoms with Gasteiger partial charge in [-0.25, -0.2) is 4.39 Å². The Morgan fingerprint density at radius 1 is 1.26 bits per heavy atom. The summed E-state index contributed by atoms with van der Waals surface area (Å²) in [7, 11) is 0. The zero-order valence-corrected chi connectivity index (χ0v) is 19.5. The summed E-state index contributed by atoms with van der Waals surface area (Å²) < 4.78 is 19.1. The number of carbonyl (C=O) groups excluding carboxylic acids is 1. The molecule has 0 saturated carbocycles. The molecular formula is C26H28FN5O2. The van der Waals surface area contributed by atoms with Gasteiger partial charge in [0.25, 0.3) is 0 Å². The second kappa shape index (κ2) is 10.6. The molecule has 1 saturated heterocycles. The topological polar surface area (TPSA) is 86.3 Å². The van der Waals surface area contributed by atoms with Crippen LogP contribution >= 0.6 is 0 Å². The van der Waals surface area contributed by atoms with Crippen molar-refractivity contribution in [3.63, 3.8) is 0 Å². The molecule has 8 heteroatoms. The highest BCUT2D eigenvalue weighted by atomic mass is 19.1. The lowest BCUT2D eigenvalue weighted by Gasteiger charge is -2.32. The molecule has 1 aromatic heterocycles. The van der Waals surface area contributed by atoms with E-state index in [1.165, 1.54) is 12.1 Å². The number of benzene rings is 2. The third-order valence-electron chi connectivity index (χ3n) is 6.00. The first-order valence-corrected chi connectivity index (χ1v) is 11.5. The van der Waals surface area contributed by atoms with Crippen LogP contribution in [0.5, 0.6) is 0 Å². The Kier molecular flexibility index (Phi) is 7.33. The van der Waals surface area contributed by atoms with Gasteiger partial charge in [-0.1, -0.05) is 23.4 Å². The van der Waals surface area contributed by atoms with E-state index in [4.69, 9.17) is 9.78 Å². The largest absolute Gasteiger partial charge is 0.339 e. The maximum absolute atomic E-state index is 13.6. The summed E-state index contributed by atoms with van der Waals surface area (Å²) >= 11 is 0. The van der Waals surface area contributed by atoms with Crippen LogP contribution < -0.4 is 4.90 Å².